The normalized spacial score (nSPS) is 14.9. The third kappa shape index (κ3) is 2.90. The molecule has 1 heterocycles. The van der Waals surface area contributed by atoms with Crippen molar-refractivity contribution in [2.24, 2.45) is 0 Å². The Morgan fingerprint density at radius 1 is 1.00 bits per heavy atom. The molecule has 1 aliphatic rings. The first-order chi connectivity index (χ1) is 10.1. The Hall–Kier alpha value is -1.19. The van der Waals surface area contributed by atoms with Crippen LogP contribution in [0, 0.1) is 13.8 Å². The van der Waals surface area contributed by atoms with Gasteiger partial charge in [-0.25, -0.2) is 0 Å². The van der Waals surface area contributed by atoms with Crippen LogP contribution in [0.25, 0.3) is 0 Å². The highest BCUT2D eigenvalue weighted by molar-refractivity contribution is 9.09. The van der Waals surface area contributed by atoms with Crippen LogP contribution in [0.3, 0.4) is 0 Å². The van der Waals surface area contributed by atoms with Gasteiger partial charge in [0.2, 0.25) is 0 Å². The molecule has 0 aliphatic carbocycles. The van der Waals surface area contributed by atoms with Crippen LogP contribution in [0.1, 0.15) is 27.1 Å². The van der Waals surface area contributed by atoms with Gasteiger partial charge in [-0.05, 0) is 36.6 Å². The smallest absolute Gasteiger partial charge is 0.162 e. The van der Waals surface area contributed by atoms with E-state index in [0.717, 1.165) is 17.1 Å². The summed E-state index contributed by atoms with van der Waals surface area (Å²) in [5.41, 5.74) is 4.67. The van der Waals surface area contributed by atoms with E-state index in [1.54, 1.807) is 0 Å². The summed E-state index contributed by atoms with van der Waals surface area (Å²) in [6.07, 6.45) is 0. The van der Waals surface area contributed by atoms with Gasteiger partial charge in [-0.15, -0.1) is 0 Å². The SMILES string of the molecule is Cc1ccc(C)c(C(Br)c2cc3c(cc2Cl)OCCO3)c1. The molecule has 3 rings (SSSR count). The molecule has 2 aromatic carbocycles. The summed E-state index contributed by atoms with van der Waals surface area (Å²) in [5, 5.41) is 0.682. The minimum Gasteiger partial charge on any atom is -0.486 e. The Labute approximate surface area is 138 Å². The fourth-order valence-corrected chi connectivity index (χ4v) is 3.74. The number of rotatable bonds is 2. The second kappa shape index (κ2) is 5.90. The van der Waals surface area contributed by atoms with Crippen molar-refractivity contribution in [1.82, 2.24) is 0 Å². The van der Waals surface area contributed by atoms with E-state index in [1.807, 2.05) is 12.1 Å². The topological polar surface area (TPSA) is 18.5 Å². The Balaban J connectivity index is 2.05. The van der Waals surface area contributed by atoms with Crippen LogP contribution in [0.15, 0.2) is 30.3 Å². The molecular formula is C17H16BrClO2. The van der Waals surface area contributed by atoms with Crippen LogP contribution in [-0.2, 0) is 0 Å². The third-order valence-electron chi connectivity index (χ3n) is 3.64. The zero-order chi connectivity index (χ0) is 15.0. The predicted octanol–water partition coefficient (Wildman–Crippen LogP) is 5.21. The lowest BCUT2D eigenvalue weighted by atomic mass is 9.98. The number of alkyl halides is 1. The maximum absolute atomic E-state index is 6.43. The summed E-state index contributed by atoms with van der Waals surface area (Å²) in [4.78, 5) is 0.0285. The first-order valence-corrected chi connectivity index (χ1v) is 8.16. The summed E-state index contributed by atoms with van der Waals surface area (Å²) >= 11 is 10.2. The summed E-state index contributed by atoms with van der Waals surface area (Å²) in [6, 6.07) is 10.2. The van der Waals surface area contributed by atoms with E-state index in [2.05, 4.69) is 48.0 Å². The van der Waals surface area contributed by atoms with Crippen molar-refractivity contribution >= 4 is 27.5 Å². The highest BCUT2D eigenvalue weighted by atomic mass is 79.9. The van der Waals surface area contributed by atoms with Gasteiger partial charge in [0.15, 0.2) is 11.5 Å². The molecule has 0 aromatic heterocycles. The van der Waals surface area contributed by atoms with Crippen molar-refractivity contribution in [1.29, 1.82) is 0 Å². The fraction of sp³-hybridized carbons (Fsp3) is 0.294. The Kier molecular flexibility index (Phi) is 4.14. The zero-order valence-electron chi connectivity index (χ0n) is 12.0. The third-order valence-corrected chi connectivity index (χ3v) is 4.96. The van der Waals surface area contributed by atoms with Gasteiger partial charge in [0.05, 0.1) is 4.83 Å². The molecular weight excluding hydrogens is 352 g/mol. The van der Waals surface area contributed by atoms with Crippen LogP contribution in [-0.4, -0.2) is 13.2 Å². The van der Waals surface area contributed by atoms with E-state index in [1.165, 1.54) is 16.7 Å². The molecule has 21 heavy (non-hydrogen) atoms. The standard InChI is InChI=1S/C17H16BrClO2/c1-10-3-4-11(2)12(7-10)17(18)13-8-15-16(9-14(13)19)21-6-5-20-15/h3-4,7-9,17H,5-6H2,1-2H3. The second-order valence-corrected chi connectivity index (χ2v) is 6.56. The molecule has 1 aliphatic heterocycles. The molecule has 4 heteroatoms. The van der Waals surface area contributed by atoms with Crippen LogP contribution in [0.2, 0.25) is 5.02 Å². The molecule has 0 bridgehead atoms. The van der Waals surface area contributed by atoms with Crippen LogP contribution in [0.4, 0.5) is 0 Å². The van der Waals surface area contributed by atoms with Crippen molar-refractivity contribution in [2.75, 3.05) is 13.2 Å². The molecule has 2 nitrogen and oxygen atoms in total. The van der Waals surface area contributed by atoms with Gasteiger partial charge >= 0.3 is 0 Å². The first kappa shape index (κ1) is 14.7. The molecule has 110 valence electrons. The predicted molar refractivity (Wildman–Crippen MR) is 89.1 cm³/mol. The fourth-order valence-electron chi connectivity index (χ4n) is 2.47. The van der Waals surface area contributed by atoms with Gasteiger partial charge < -0.3 is 9.47 Å². The largest absolute Gasteiger partial charge is 0.486 e. The number of hydrogen-bond donors (Lipinski definition) is 0. The molecule has 0 amide bonds. The Bertz CT molecular complexity index is 685. The summed E-state index contributed by atoms with van der Waals surface area (Å²) in [5.74, 6) is 1.48. The van der Waals surface area contributed by atoms with E-state index in [-0.39, 0.29) is 4.83 Å². The number of benzene rings is 2. The molecule has 0 spiro atoms. The van der Waals surface area contributed by atoms with E-state index in [0.29, 0.717) is 18.2 Å². The van der Waals surface area contributed by atoms with Gasteiger partial charge in [-0.3, -0.25) is 0 Å². The van der Waals surface area contributed by atoms with Crippen molar-refractivity contribution in [2.45, 2.75) is 18.7 Å². The lowest BCUT2D eigenvalue weighted by Gasteiger charge is -2.22. The molecule has 1 atom stereocenters. The van der Waals surface area contributed by atoms with E-state index in [4.69, 9.17) is 21.1 Å². The van der Waals surface area contributed by atoms with Gasteiger partial charge in [0.1, 0.15) is 13.2 Å². The zero-order valence-corrected chi connectivity index (χ0v) is 14.3. The van der Waals surface area contributed by atoms with Gasteiger partial charge in [0.25, 0.3) is 0 Å². The van der Waals surface area contributed by atoms with Crippen LogP contribution < -0.4 is 9.47 Å². The minimum atomic E-state index is 0.0285. The van der Waals surface area contributed by atoms with E-state index < -0.39 is 0 Å². The molecule has 0 radical (unpaired) electrons. The van der Waals surface area contributed by atoms with Gasteiger partial charge in [-0.2, -0.15) is 0 Å². The second-order valence-electron chi connectivity index (χ2n) is 5.24. The maximum atomic E-state index is 6.43. The molecule has 0 fully saturated rings. The van der Waals surface area contributed by atoms with Crippen LogP contribution in [0.5, 0.6) is 11.5 Å². The summed E-state index contributed by atoms with van der Waals surface area (Å²) in [7, 11) is 0. The van der Waals surface area contributed by atoms with Crippen molar-refractivity contribution in [3.05, 3.63) is 57.6 Å². The molecule has 0 saturated carbocycles. The monoisotopic (exact) mass is 366 g/mol. The lowest BCUT2D eigenvalue weighted by molar-refractivity contribution is 0.171. The van der Waals surface area contributed by atoms with Crippen LogP contribution >= 0.6 is 27.5 Å². The number of aryl methyl sites for hydroxylation is 2. The highest BCUT2D eigenvalue weighted by Crippen LogP contribution is 2.43. The number of halogens is 2. The quantitative estimate of drug-likeness (QED) is 0.678. The average molecular weight is 368 g/mol. The van der Waals surface area contributed by atoms with Gasteiger partial charge in [-0.1, -0.05) is 51.3 Å². The number of fused-ring (bicyclic) bond motifs is 1. The van der Waals surface area contributed by atoms with E-state index >= 15 is 0 Å². The van der Waals surface area contributed by atoms with Crippen molar-refractivity contribution in [3.63, 3.8) is 0 Å². The lowest BCUT2D eigenvalue weighted by Crippen LogP contribution is -2.15. The summed E-state index contributed by atoms with van der Waals surface area (Å²) in [6.45, 7) is 5.34. The summed E-state index contributed by atoms with van der Waals surface area (Å²) < 4.78 is 11.2. The Morgan fingerprint density at radius 3 is 2.38 bits per heavy atom. The highest BCUT2D eigenvalue weighted by Gasteiger charge is 2.21. The molecule has 1 unspecified atom stereocenters. The van der Waals surface area contributed by atoms with Crippen molar-refractivity contribution < 1.29 is 9.47 Å². The molecule has 0 N–H and O–H groups in total. The molecule has 2 aromatic rings. The first-order valence-electron chi connectivity index (χ1n) is 6.86. The van der Waals surface area contributed by atoms with E-state index in [9.17, 15) is 0 Å². The number of ether oxygens (including phenoxy) is 2. The number of hydrogen-bond acceptors (Lipinski definition) is 2. The average Bonchev–Trinajstić information content (AvgIpc) is 2.48. The maximum Gasteiger partial charge on any atom is 0.162 e. The van der Waals surface area contributed by atoms with Crippen molar-refractivity contribution in [3.8, 4) is 11.5 Å². The minimum absolute atomic E-state index is 0.0285. The molecule has 0 saturated heterocycles. The van der Waals surface area contributed by atoms with Gasteiger partial charge in [0, 0.05) is 11.1 Å². The Morgan fingerprint density at radius 2 is 1.67 bits per heavy atom.